The predicted octanol–water partition coefficient (Wildman–Crippen LogP) is 3.84. The van der Waals surface area contributed by atoms with Crippen LogP contribution < -0.4 is 5.32 Å². The lowest BCUT2D eigenvalue weighted by atomic mass is 9.80. The Morgan fingerprint density at radius 2 is 1.91 bits per heavy atom. The summed E-state index contributed by atoms with van der Waals surface area (Å²) < 4.78 is 5.13. The highest BCUT2D eigenvalue weighted by molar-refractivity contribution is 6.54. The molecule has 1 N–H and O–H groups in total. The smallest absolute Gasteiger partial charge is 0.408 e. The number of alkyl halides is 2. The van der Waals surface area contributed by atoms with Crippen LogP contribution in [-0.4, -0.2) is 22.8 Å². The van der Waals surface area contributed by atoms with Crippen LogP contribution in [0.25, 0.3) is 0 Å². The van der Waals surface area contributed by atoms with Gasteiger partial charge in [0.25, 0.3) is 0 Å². The molecule has 4 nitrogen and oxygen atoms in total. The molecule has 6 heteroatoms. The summed E-state index contributed by atoms with van der Waals surface area (Å²) in [6.45, 7) is 0.155. The van der Waals surface area contributed by atoms with Crippen LogP contribution in [0.4, 0.5) is 4.79 Å². The van der Waals surface area contributed by atoms with Gasteiger partial charge in [-0.2, -0.15) is 0 Å². The SMILES string of the molecule is O=C(NC(CC1CCC1)C(=O)C(Cl)Cl)OCc1ccccc1. The Balaban J connectivity index is 1.85. The molecule has 1 amide bonds. The molecule has 1 atom stereocenters. The molecule has 120 valence electrons. The molecular formula is C16H19Cl2NO3. The summed E-state index contributed by atoms with van der Waals surface area (Å²) in [4.78, 5) is 22.7. The molecular weight excluding hydrogens is 325 g/mol. The number of Topliss-reactive ketones (excluding diaryl/α,β-unsaturated/α-hetero) is 1. The normalized spacial score (nSPS) is 16.0. The van der Waals surface area contributed by atoms with Crippen molar-refractivity contribution in [2.24, 2.45) is 5.92 Å². The number of rotatable bonds is 7. The second-order valence-corrected chi connectivity index (χ2v) is 6.59. The Labute approximate surface area is 140 Å². The summed E-state index contributed by atoms with van der Waals surface area (Å²) in [5, 5.41) is 2.59. The summed E-state index contributed by atoms with van der Waals surface area (Å²) in [6.07, 6.45) is 3.24. The standard InChI is InChI=1S/C16H19Cl2NO3/c17-15(18)14(20)13(9-11-7-4-8-11)19-16(21)22-10-12-5-2-1-3-6-12/h1-3,5-6,11,13,15H,4,7-10H2,(H,19,21). The number of hydrogen-bond donors (Lipinski definition) is 1. The van der Waals surface area contributed by atoms with E-state index in [1.807, 2.05) is 30.3 Å². The number of halogens is 2. The van der Waals surface area contributed by atoms with Crippen LogP contribution in [-0.2, 0) is 16.1 Å². The van der Waals surface area contributed by atoms with E-state index in [1.165, 1.54) is 0 Å². The van der Waals surface area contributed by atoms with Crippen LogP contribution in [0.3, 0.4) is 0 Å². The Kier molecular flexibility index (Phi) is 6.52. The molecule has 0 aromatic heterocycles. The number of hydrogen-bond acceptors (Lipinski definition) is 3. The molecule has 1 saturated carbocycles. The molecule has 0 radical (unpaired) electrons. The Bertz CT molecular complexity index is 503. The molecule has 0 spiro atoms. The van der Waals surface area contributed by atoms with Gasteiger partial charge >= 0.3 is 6.09 Å². The van der Waals surface area contributed by atoms with Gasteiger partial charge in [0.15, 0.2) is 10.6 Å². The third-order valence-corrected chi connectivity index (χ3v) is 4.29. The van der Waals surface area contributed by atoms with Gasteiger partial charge in [-0.25, -0.2) is 4.79 Å². The van der Waals surface area contributed by atoms with Crippen LogP contribution in [0.5, 0.6) is 0 Å². The van der Waals surface area contributed by atoms with E-state index in [0.29, 0.717) is 12.3 Å². The summed E-state index contributed by atoms with van der Waals surface area (Å²) in [5.41, 5.74) is 0.882. The zero-order valence-electron chi connectivity index (χ0n) is 12.1. The lowest BCUT2D eigenvalue weighted by Gasteiger charge is -2.29. The lowest BCUT2D eigenvalue weighted by molar-refractivity contribution is -0.120. The molecule has 1 aromatic rings. The first-order valence-corrected chi connectivity index (χ1v) is 8.22. The van der Waals surface area contributed by atoms with Crippen LogP contribution in [0.1, 0.15) is 31.2 Å². The minimum absolute atomic E-state index is 0.155. The molecule has 1 fully saturated rings. The second-order valence-electron chi connectivity index (χ2n) is 5.49. The van der Waals surface area contributed by atoms with Gasteiger partial charge in [0.1, 0.15) is 6.61 Å². The maximum absolute atomic E-state index is 12.0. The first-order valence-electron chi connectivity index (χ1n) is 7.35. The summed E-state index contributed by atoms with van der Waals surface area (Å²) >= 11 is 11.3. The van der Waals surface area contributed by atoms with E-state index < -0.39 is 17.0 Å². The van der Waals surface area contributed by atoms with Crippen molar-refractivity contribution in [1.82, 2.24) is 5.32 Å². The molecule has 1 aliphatic carbocycles. The van der Waals surface area contributed by atoms with Gasteiger partial charge in [-0.3, -0.25) is 4.79 Å². The maximum Gasteiger partial charge on any atom is 0.408 e. The number of nitrogens with one attached hydrogen (secondary N) is 1. The Morgan fingerprint density at radius 1 is 1.23 bits per heavy atom. The van der Waals surface area contributed by atoms with Crippen molar-refractivity contribution in [3.8, 4) is 0 Å². The lowest BCUT2D eigenvalue weighted by Crippen LogP contribution is -2.45. The monoisotopic (exact) mass is 343 g/mol. The number of carbonyl (C=O) groups is 2. The highest BCUT2D eigenvalue weighted by atomic mass is 35.5. The average molecular weight is 344 g/mol. The largest absolute Gasteiger partial charge is 0.445 e. The first-order chi connectivity index (χ1) is 10.6. The van der Waals surface area contributed by atoms with Crippen LogP contribution in [0.2, 0.25) is 0 Å². The van der Waals surface area contributed by atoms with Gasteiger partial charge in [0, 0.05) is 0 Å². The fraction of sp³-hybridized carbons (Fsp3) is 0.500. The van der Waals surface area contributed by atoms with E-state index in [0.717, 1.165) is 24.8 Å². The minimum Gasteiger partial charge on any atom is -0.445 e. The Hall–Kier alpha value is -1.26. The van der Waals surface area contributed by atoms with Crippen LogP contribution in [0.15, 0.2) is 30.3 Å². The molecule has 0 saturated heterocycles. The zero-order chi connectivity index (χ0) is 15.9. The summed E-state index contributed by atoms with van der Waals surface area (Å²) in [5.74, 6) is 0.0577. The van der Waals surface area contributed by atoms with Crippen molar-refractivity contribution in [1.29, 1.82) is 0 Å². The fourth-order valence-corrected chi connectivity index (χ4v) is 2.67. The summed E-state index contributed by atoms with van der Waals surface area (Å²) in [6, 6.07) is 8.65. The number of ketones is 1. The van der Waals surface area contributed by atoms with E-state index in [2.05, 4.69) is 5.32 Å². The molecule has 0 aliphatic heterocycles. The van der Waals surface area contributed by atoms with Gasteiger partial charge < -0.3 is 10.1 Å². The number of amides is 1. The van der Waals surface area contributed by atoms with Crippen molar-refractivity contribution < 1.29 is 14.3 Å². The molecule has 1 unspecified atom stereocenters. The third-order valence-electron chi connectivity index (χ3n) is 3.86. The van der Waals surface area contributed by atoms with Crippen molar-refractivity contribution in [2.75, 3.05) is 0 Å². The molecule has 2 rings (SSSR count). The van der Waals surface area contributed by atoms with Crippen molar-refractivity contribution in [3.05, 3.63) is 35.9 Å². The second kappa shape index (κ2) is 8.39. The van der Waals surface area contributed by atoms with Gasteiger partial charge in [-0.1, -0.05) is 72.8 Å². The van der Waals surface area contributed by atoms with Gasteiger partial charge in [0.05, 0.1) is 6.04 Å². The quantitative estimate of drug-likeness (QED) is 0.765. The Morgan fingerprint density at radius 3 is 2.45 bits per heavy atom. The molecule has 0 heterocycles. The van der Waals surface area contributed by atoms with Gasteiger partial charge in [-0.05, 0) is 17.9 Å². The molecule has 1 aliphatic rings. The van der Waals surface area contributed by atoms with E-state index in [1.54, 1.807) is 0 Å². The molecule has 1 aromatic carbocycles. The summed E-state index contributed by atoms with van der Waals surface area (Å²) in [7, 11) is 0. The minimum atomic E-state index is -1.14. The van der Waals surface area contributed by atoms with Crippen molar-refractivity contribution in [3.63, 3.8) is 0 Å². The number of alkyl carbamates (subject to hydrolysis) is 1. The first kappa shape index (κ1) is 17.1. The topological polar surface area (TPSA) is 55.4 Å². The van der Waals surface area contributed by atoms with Crippen LogP contribution in [0, 0.1) is 5.92 Å². The number of benzene rings is 1. The van der Waals surface area contributed by atoms with Crippen molar-refractivity contribution >= 4 is 35.1 Å². The van der Waals surface area contributed by atoms with Crippen LogP contribution >= 0.6 is 23.2 Å². The average Bonchev–Trinajstić information content (AvgIpc) is 2.47. The highest BCUT2D eigenvalue weighted by Gasteiger charge is 2.30. The highest BCUT2D eigenvalue weighted by Crippen LogP contribution is 2.31. The van der Waals surface area contributed by atoms with E-state index in [4.69, 9.17) is 27.9 Å². The molecule has 0 bridgehead atoms. The predicted molar refractivity (Wildman–Crippen MR) is 86.0 cm³/mol. The zero-order valence-corrected chi connectivity index (χ0v) is 13.6. The van der Waals surface area contributed by atoms with E-state index in [9.17, 15) is 9.59 Å². The fourth-order valence-electron chi connectivity index (χ4n) is 2.37. The van der Waals surface area contributed by atoms with Gasteiger partial charge in [-0.15, -0.1) is 0 Å². The van der Waals surface area contributed by atoms with Gasteiger partial charge in [0.2, 0.25) is 0 Å². The van der Waals surface area contributed by atoms with E-state index in [-0.39, 0.29) is 12.4 Å². The number of carbonyl (C=O) groups excluding carboxylic acids is 2. The maximum atomic E-state index is 12.0. The molecule has 22 heavy (non-hydrogen) atoms. The van der Waals surface area contributed by atoms with E-state index >= 15 is 0 Å². The third kappa shape index (κ3) is 5.18. The van der Waals surface area contributed by atoms with Crippen molar-refractivity contribution in [2.45, 2.75) is 43.2 Å². The number of ether oxygens (including phenoxy) is 1.